The number of ether oxygens (including phenoxy) is 1. The molecule has 0 aliphatic heterocycles. The van der Waals surface area contributed by atoms with E-state index in [0.717, 1.165) is 15.3 Å². The Labute approximate surface area is 204 Å². The van der Waals surface area contributed by atoms with Crippen molar-refractivity contribution < 1.29 is 18.7 Å². The number of hydrogen-bond donors (Lipinski definition) is 0. The minimum Gasteiger partial charge on any atom is -0.462 e. The summed E-state index contributed by atoms with van der Waals surface area (Å²) in [4.78, 5) is 27.2. The van der Waals surface area contributed by atoms with Crippen molar-refractivity contribution in [3.05, 3.63) is 106 Å². The van der Waals surface area contributed by atoms with E-state index in [9.17, 15) is 14.0 Å². The fourth-order valence-corrected chi connectivity index (χ4v) is 6.42. The maximum Gasteiger partial charge on any atom is 0.341 e. The summed E-state index contributed by atoms with van der Waals surface area (Å²) >= 11 is 2.95. The molecule has 3 heterocycles. The molecule has 0 aliphatic rings. The Morgan fingerprint density at radius 3 is 2.47 bits per heavy atom. The Bertz CT molecular complexity index is 1500. The number of carbonyl (C=O) groups excluding carboxylic acids is 2. The maximum absolute atomic E-state index is 13.6. The van der Waals surface area contributed by atoms with Crippen molar-refractivity contribution in [3.8, 4) is 0 Å². The first kappa shape index (κ1) is 22.4. The molecule has 0 N–H and O–H groups in total. The Hall–Kier alpha value is -3.42. The molecule has 0 saturated heterocycles. The molecule has 34 heavy (non-hydrogen) atoms. The van der Waals surface area contributed by atoms with Gasteiger partial charge < -0.3 is 9.14 Å². The summed E-state index contributed by atoms with van der Waals surface area (Å²) in [6.45, 7) is 2.00. The molecule has 0 radical (unpaired) electrons. The Morgan fingerprint density at radius 1 is 1.00 bits per heavy atom. The van der Waals surface area contributed by atoms with Crippen LogP contribution >= 0.6 is 23.1 Å². The molecule has 0 saturated carbocycles. The van der Waals surface area contributed by atoms with E-state index in [4.69, 9.17) is 4.74 Å². The van der Waals surface area contributed by atoms with Crippen LogP contribution < -0.4 is 0 Å². The van der Waals surface area contributed by atoms with Crippen LogP contribution in [0.3, 0.4) is 0 Å². The van der Waals surface area contributed by atoms with E-state index < -0.39 is 5.97 Å². The number of halogens is 1. The third-order valence-electron chi connectivity index (χ3n) is 5.46. The predicted molar refractivity (Wildman–Crippen MR) is 135 cm³/mol. The van der Waals surface area contributed by atoms with Gasteiger partial charge in [0.1, 0.15) is 5.82 Å². The number of pyridine rings is 1. The molecule has 4 nitrogen and oxygen atoms in total. The van der Waals surface area contributed by atoms with Crippen molar-refractivity contribution in [2.45, 2.75) is 16.9 Å². The third-order valence-corrected chi connectivity index (χ3v) is 7.97. The lowest BCUT2D eigenvalue weighted by Gasteiger charge is -2.04. The van der Waals surface area contributed by atoms with Gasteiger partial charge in [0.05, 0.1) is 32.3 Å². The molecule has 0 unspecified atom stereocenters. The molecule has 0 bridgehead atoms. The Kier molecular flexibility index (Phi) is 6.22. The van der Waals surface area contributed by atoms with Crippen molar-refractivity contribution in [2.75, 3.05) is 6.61 Å². The van der Waals surface area contributed by atoms with E-state index in [1.165, 1.54) is 23.5 Å². The summed E-state index contributed by atoms with van der Waals surface area (Å²) in [6.07, 6.45) is 1.89. The summed E-state index contributed by atoms with van der Waals surface area (Å²) in [7, 11) is 0. The molecule has 0 amide bonds. The summed E-state index contributed by atoms with van der Waals surface area (Å²) in [6, 6.07) is 21.1. The van der Waals surface area contributed by atoms with E-state index in [2.05, 4.69) is 0 Å². The van der Waals surface area contributed by atoms with Crippen LogP contribution in [0.2, 0.25) is 0 Å². The molecular formula is C27H20FNO3S2. The topological polar surface area (TPSA) is 47.8 Å². The fraction of sp³-hybridized carbons (Fsp3) is 0.111. The SMILES string of the molecule is CCOC(=O)c1c2c(C(=O)c3ccccc3)sc(SCc3ccc(F)cc3)c2n2ccccc12. The number of rotatable bonds is 7. The van der Waals surface area contributed by atoms with Gasteiger partial charge in [-0.25, -0.2) is 9.18 Å². The summed E-state index contributed by atoms with van der Waals surface area (Å²) < 4.78 is 21.6. The zero-order valence-electron chi connectivity index (χ0n) is 18.3. The number of benzene rings is 2. The highest BCUT2D eigenvalue weighted by atomic mass is 32.2. The Balaban J connectivity index is 1.72. The van der Waals surface area contributed by atoms with Crippen LogP contribution in [-0.2, 0) is 10.5 Å². The normalized spacial score (nSPS) is 11.2. The number of carbonyl (C=O) groups is 2. The average Bonchev–Trinajstić information content (AvgIpc) is 3.40. The van der Waals surface area contributed by atoms with E-state index in [0.29, 0.717) is 32.7 Å². The summed E-state index contributed by atoms with van der Waals surface area (Å²) in [5.41, 5.74) is 3.45. The number of aromatic nitrogens is 1. The highest BCUT2D eigenvalue weighted by Crippen LogP contribution is 2.44. The first-order chi connectivity index (χ1) is 16.6. The molecule has 7 heteroatoms. The van der Waals surface area contributed by atoms with Crippen LogP contribution in [0.15, 0.2) is 83.2 Å². The van der Waals surface area contributed by atoms with Crippen LogP contribution in [0, 0.1) is 5.82 Å². The highest BCUT2D eigenvalue weighted by molar-refractivity contribution is 8.00. The lowest BCUT2D eigenvalue weighted by molar-refractivity contribution is 0.0531. The molecule has 0 atom stereocenters. The van der Waals surface area contributed by atoms with Crippen LogP contribution in [-0.4, -0.2) is 22.8 Å². The Morgan fingerprint density at radius 2 is 1.74 bits per heavy atom. The molecule has 5 rings (SSSR count). The zero-order chi connectivity index (χ0) is 23.7. The van der Waals surface area contributed by atoms with E-state index in [-0.39, 0.29) is 18.2 Å². The fourth-order valence-electron chi connectivity index (χ4n) is 3.94. The first-order valence-electron chi connectivity index (χ1n) is 10.8. The van der Waals surface area contributed by atoms with Crippen LogP contribution in [0.1, 0.15) is 38.1 Å². The largest absolute Gasteiger partial charge is 0.462 e. The van der Waals surface area contributed by atoms with Gasteiger partial charge in [0, 0.05) is 22.9 Å². The standard InChI is InChI=1S/C27H20FNO3S2/c1-2-32-26(31)21-20-10-6-7-15-29(20)23-22(21)25(24(30)18-8-4-3-5-9-18)34-27(23)33-16-17-11-13-19(28)14-12-17/h3-15H,2,16H2,1H3. The molecule has 2 aromatic carbocycles. The van der Waals surface area contributed by atoms with E-state index >= 15 is 0 Å². The second-order valence-electron chi connectivity index (χ2n) is 7.60. The number of thiophene rings is 1. The lowest BCUT2D eigenvalue weighted by Crippen LogP contribution is -2.06. The van der Waals surface area contributed by atoms with Crippen LogP contribution in [0.4, 0.5) is 4.39 Å². The maximum atomic E-state index is 13.6. The van der Waals surface area contributed by atoms with Gasteiger partial charge in [-0.05, 0) is 36.8 Å². The van der Waals surface area contributed by atoms with Crippen LogP contribution in [0.25, 0.3) is 16.4 Å². The number of hydrogen-bond acceptors (Lipinski definition) is 5. The molecule has 0 fully saturated rings. The molecule has 5 aromatic rings. The van der Waals surface area contributed by atoms with Crippen LogP contribution in [0.5, 0.6) is 0 Å². The number of thioether (sulfide) groups is 1. The molecule has 3 aromatic heterocycles. The van der Waals surface area contributed by atoms with Crippen molar-refractivity contribution >= 4 is 51.3 Å². The average molecular weight is 490 g/mol. The lowest BCUT2D eigenvalue weighted by atomic mass is 10.1. The molecule has 0 aliphatic carbocycles. The first-order valence-corrected chi connectivity index (χ1v) is 12.6. The minimum absolute atomic E-state index is 0.134. The van der Waals surface area contributed by atoms with E-state index in [1.807, 2.05) is 47.0 Å². The predicted octanol–water partition coefficient (Wildman–Crippen LogP) is 6.99. The zero-order valence-corrected chi connectivity index (χ0v) is 19.9. The summed E-state index contributed by atoms with van der Waals surface area (Å²) in [5, 5.41) is 0.616. The third kappa shape index (κ3) is 4.02. The number of nitrogens with zero attached hydrogens (tertiary/aromatic N) is 1. The second-order valence-corrected chi connectivity index (χ2v) is 9.87. The van der Waals surface area contributed by atoms with Gasteiger partial charge in [0.2, 0.25) is 5.78 Å². The molecule has 170 valence electrons. The van der Waals surface area contributed by atoms with Gasteiger partial charge in [0.25, 0.3) is 0 Å². The van der Waals surface area contributed by atoms with Crippen molar-refractivity contribution in [3.63, 3.8) is 0 Å². The quantitative estimate of drug-likeness (QED) is 0.140. The smallest absolute Gasteiger partial charge is 0.341 e. The van der Waals surface area contributed by atoms with Gasteiger partial charge in [-0.15, -0.1) is 23.1 Å². The highest BCUT2D eigenvalue weighted by Gasteiger charge is 2.29. The van der Waals surface area contributed by atoms with Crippen molar-refractivity contribution in [1.29, 1.82) is 0 Å². The van der Waals surface area contributed by atoms with Gasteiger partial charge in [-0.2, -0.15) is 0 Å². The van der Waals surface area contributed by atoms with Crippen molar-refractivity contribution in [1.82, 2.24) is 4.40 Å². The van der Waals surface area contributed by atoms with Gasteiger partial charge in [0.15, 0.2) is 0 Å². The number of ketones is 1. The van der Waals surface area contributed by atoms with Gasteiger partial charge >= 0.3 is 5.97 Å². The number of fused-ring (bicyclic) bond motifs is 3. The number of esters is 1. The monoisotopic (exact) mass is 489 g/mol. The summed E-state index contributed by atoms with van der Waals surface area (Å²) in [5.74, 6) is -0.259. The van der Waals surface area contributed by atoms with Gasteiger partial charge in [-0.1, -0.05) is 48.5 Å². The minimum atomic E-state index is -0.448. The molecule has 0 spiro atoms. The second kappa shape index (κ2) is 9.44. The van der Waals surface area contributed by atoms with Crippen molar-refractivity contribution in [2.24, 2.45) is 0 Å². The van der Waals surface area contributed by atoms with E-state index in [1.54, 1.807) is 43.0 Å². The van der Waals surface area contributed by atoms with Gasteiger partial charge in [-0.3, -0.25) is 4.79 Å². The molecular weight excluding hydrogens is 469 g/mol.